The second-order valence-corrected chi connectivity index (χ2v) is 6.74. The molecule has 1 aromatic heterocycles. The highest BCUT2D eigenvalue weighted by molar-refractivity contribution is 7.98. The number of imidazole rings is 1. The maximum absolute atomic E-state index is 6.28. The van der Waals surface area contributed by atoms with Crippen molar-refractivity contribution in [2.75, 3.05) is 12.0 Å². The van der Waals surface area contributed by atoms with Gasteiger partial charge in [-0.25, -0.2) is 4.98 Å². The molecule has 2 rings (SSSR count). The molecule has 2 unspecified atom stereocenters. The number of fused-ring (bicyclic) bond motifs is 1. The Balaban J connectivity index is 2.55. The minimum absolute atomic E-state index is 0.125. The molecule has 0 N–H and O–H groups in total. The van der Waals surface area contributed by atoms with E-state index in [1.165, 1.54) is 0 Å². The first-order valence-electron chi connectivity index (χ1n) is 6.35. The van der Waals surface area contributed by atoms with E-state index in [1.807, 2.05) is 30.8 Å². The van der Waals surface area contributed by atoms with Crippen LogP contribution >= 0.6 is 35.0 Å². The van der Waals surface area contributed by atoms with E-state index in [0.29, 0.717) is 11.1 Å². The van der Waals surface area contributed by atoms with Crippen LogP contribution in [0.1, 0.15) is 37.5 Å². The summed E-state index contributed by atoms with van der Waals surface area (Å²) in [5, 5.41) is 0.562. The van der Waals surface area contributed by atoms with Crippen molar-refractivity contribution in [1.29, 1.82) is 0 Å². The van der Waals surface area contributed by atoms with Crippen LogP contribution in [0.4, 0.5) is 0 Å². The zero-order valence-electron chi connectivity index (χ0n) is 11.4. The van der Waals surface area contributed by atoms with Crippen LogP contribution in [0.3, 0.4) is 0 Å². The average Bonchev–Trinajstić information content (AvgIpc) is 2.77. The molecule has 5 heteroatoms. The number of halogens is 2. The first-order chi connectivity index (χ1) is 9.06. The summed E-state index contributed by atoms with van der Waals surface area (Å²) in [6.45, 7) is 4.16. The van der Waals surface area contributed by atoms with E-state index >= 15 is 0 Å². The summed E-state index contributed by atoms with van der Waals surface area (Å²) in [6.07, 6.45) is 3.22. The fraction of sp³-hybridized carbons (Fsp3) is 0.500. The standard InChI is InChI=1S/C14H18Cl2N2S/c1-9(7-8-19-3)18-12-6-4-5-11(16)13(12)17-14(18)10(2)15/h4-6,9-10H,7-8H2,1-3H3. The van der Waals surface area contributed by atoms with Gasteiger partial charge in [0.1, 0.15) is 11.3 Å². The third-order valence-electron chi connectivity index (χ3n) is 3.23. The lowest BCUT2D eigenvalue weighted by molar-refractivity contribution is 0.526. The number of thioether (sulfide) groups is 1. The van der Waals surface area contributed by atoms with Gasteiger partial charge in [-0.2, -0.15) is 11.8 Å². The summed E-state index contributed by atoms with van der Waals surface area (Å²) in [6, 6.07) is 6.27. The molecular formula is C14H18Cl2N2S. The molecule has 2 nitrogen and oxygen atoms in total. The van der Waals surface area contributed by atoms with E-state index < -0.39 is 0 Å². The normalized spacial score (nSPS) is 14.8. The van der Waals surface area contributed by atoms with Gasteiger partial charge in [0.05, 0.1) is 15.9 Å². The van der Waals surface area contributed by atoms with Crippen molar-refractivity contribution in [3.05, 3.63) is 29.0 Å². The Bertz CT molecular complexity index is 566. The number of alkyl halides is 1. The lowest BCUT2D eigenvalue weighted by Gasteiger charge is -2.18. The van der Waals surface area contributed by atoms with Gasteiger partial charge < -0.3 is 4.57 Å². The Kier molecular flexibility index (Phi) is 5.04. The number of para-hydroxylation sites is 1. The van der Waals surface area contributed by atoms with Crippen LogP contribution in [-0.2, 0) is 0 Å². The van der Waals surface area contributed by atoms with E-state index in [4.69, 9.17) is 23.2 Å². The lowest BCUT2D eigenvalue weighted by atomic mass is 10.2. The lowest BCUT2D eigenvalue weighted by Crippen LogP contribution is -2.10. The SMILES string of the molecule is CSCCC(C)n1c(C(C)Cl)nc2c(Cl)cccc21. The third-order valence-corrected chi connectivity index (χ3v) is 4.38. The fourth-order valence-electron chi connectivity index (χ4n) is 2.26. The molecule has 0 saturated heterocycles. The molecular weight excluding hydrogens is 299 g/mol. The number of hydrogen-bond acceptors (Lipinski definition) is 2. The van der Waals surface area contributed by atoms with Gasteiger partial charge in [-0.1, -0.05) is 17.7 Å². The maximum Gasteiger partial charge on any atom is 0.128 e. The van der Waals surface area contributed by atoms with Gasteiger partial charge in [-0.3, -0.25) is 0 Å². The molecule has 2 atom stereocenters. The molecule has 19 heavy (non-hydrogen) atoms. The molecule has 1 aromatic carbocycles. The van der Waals surface area contributed by atoms with Crippen LogP contribution in [-0.4, -0.2) is 21.6 Å². The Labute approximate surface area is 128 Å². The Hall–Kier alpha value is -0.380. The van der Waals surface area contributed by atoms with E-state index in [1.54, 1.807) is 0 Å². The number of benzene rings is 1. The van der Waals surface area contributed by atoms with Gasteiger partial charge in [0, 0.05) is 6.04 Å². The quantitative estimate of drug-likeness (QED) is 0.696. The second-order valence-electron chi connectivity index (χ2n) is 4.69. The highest BCUT2D eigenvalue weighted by Crippen LogP contribution is 2.32. The predicted molar refractivity (Wildman–Crippen MR) is 86.7 cm³/mol. The van der Waals surface area contributed by atoms with Crippen molar-refractivity contribution in [3.63, 3.8) is 0 Å². The van der Waals surface area contributed by atoms with Crippen molar-refractivity contribution in [3.8, 4) is 0 Å². The zero-order valence-corrected chi connectivity index (χ0v) is 13.7. The molecule has 0 radical (unpaired) electrons. The predicted octanol–water partition coefficient (Wildman–Crippen LogP) is 5.30. The molecule has 0 aliphatic heterocycles. The van der Waals surface area contributed by atoms with Gasteiger partial charge in [-0.05, 0) is 44.4 Å². The van der Waals surface area contributed by atoms with E-state index in [-0.39, 0.29) is 5.38 Å². The smallest absolute Gasteiger partial charge is 0.128 e. The topological polar surface area (TPSA) is 17.8 Å². The summed E-state index contributed by atoms with van der Waals surface area (Å²) >= 11 is 14.4. The molecule has 0 saturated carbocycles. The molecule has 0 spiro atoms. The summed E-state index contributed by atoms with van der Waals surface area (Å²) in [5.41, 5.74) is 1.92. The van der Waals surface area contributed by atoms with Crippen LogP contribution < -0.4 is 0 Å². The average molecular weight is 317 g/mol. The van der Waals surface area contributed by atoms with Gasteiger partial charge in [-0.15, -0.1) is 11.6 Å². The minimum Gasteiger partial charge on any atom is -0.324 e. The fourth-order valence-corrected chi connectivity index (χ4v) is 3.20. The summed E-state index contributed by atoms with van der Waals surface area (Å²) in [7, 11) is 0. The van der Waals surface area contributed by atoms with Crippen molar-refractivity contribution >= 4 is 46.0 Å². The van der Waals surface area contributed by atoms with Crippen LogP contribution in [0.25, 0.3) is 11.0 Å². The highest BCUT2D eigenvalue weighted by Gasteiger charge is 2.19. The third kappa shape index (κ3) is 3.04. The van der Waals surface area contributed by atoms with Crippen LogP contribution in [0.2, 0.25) is 5.02 Å². The highest BCUT2D eigenvalue weighted by atomic mass is 35.5. The van der Waals surface area contributed by atoms with Crippen molar-refractivity contribution in [2.45, 2.75) is 31.7 Å². The summed E-state index contributed by atoms with van der Waals surface area (Å²) in [5.74, 6) is 2.02. The number of hydrogen-bond donors (Lipinski definition) is 0. The minimum atomic E-state index is -0.125. The number of aromatic nitrogens is 2. The maximum atomic E-state index is 6.28. The number of rotatable bonds is 5. The van der Waals surface area contributed by atoms with Gasteiger partial charge in [0.25, 0.3) is 0 Å². The Morgan fingerprint density at radius 3 is 2.74 bits per heavy atom. The van der Waals surface area contributed by atoms with E-state index in [2.05, 4.69) is 28.8 Å². The van der Waals surface area contributed by atoms with Crippen molar-refractivity contribution in [2.24, 2.45) is 0 Å². The largest absolute Gasteiger partial charge is 0.324 e. The zero-order chi connectivity index (χ0) is 14.0. The number of nitrogens with zero attached hydrogens (tertiary/aromatic N) is 2. The molecule has 2 aromatic rings. The second kappa shape index (κ2) is 6.38. The Morgan fingerprint density at radius 1 is 1.37 bits per heavy atom. The van der Waals surface area contributed by atoms with Gasteiger partial charge in [0.2, 0.25) is 0 Å². The molecule has 0 aliphatic carbocycles. The van der Waals surface area contributed by atoms with Gasteiger partial charge >= 0.3 is 0 Å². The van der Waals surface area contributed by atoms with Crippen molar-refractivity contribution in [1.82, 2.24) is 9.55 Å². The molecule has 0 amide bonds. The van der Waals surface area contributed by atoms with Crippen LogP contribution in [0.15, 0.2) is 18.2 Å². The van der Waals surface area contributed by atoms with Crippen LogP contribution in [0, 0.1) is 0 Å². The van der Waals surface area contributed by atoms with E-state index in [0.717, 1.165) is 29.0 Å². The van der Waals surface area contributed by atoms with E-state index in [9.17, 15) is 0 Å². The monoisotopic (exact) mass is 316 g/mol. The summed E-state index contributed by atoms with van der Waals surface area (Å²) in [4.78, 5) is 4.63. The first kappa shape index (κ1) is 15.0. The Morgan fingerprint density at radius 2 is 2.11 bits per heavy atom. The molecule has 1 heterocycles. The van der Waals surface area contributed by atoms with Crippen molar-refractivity contribution < 1.29 is 0 Å². The first-order valence-corrected chi connectivity index (χ1v) is 8.56. The summed E-state index contributed by atoms with van der Waals surface area (Å²) < 4.78 is 2.23. The van der Waals surface area contributed by atoms with Gasteiger partial charge in [0.15, 0.2) is 0 Å². The molecule has 0 aliphatic rings. The molecule has 0 bridgehead atoms. The molecule has 104 valence electrons. The van der Waals surface area contributed by atoms with Crippen LogP contribution in [0.5, 0.6) is 0 Å². The molecule has 0 fully saturated rings.